The highest BCUT2D eigenvalue weighted by atomic mass is 79.9. The van der Waals surface area contributed by atoms with Gasteiger partial charge in [0.05, 0.1) is 12.1 Å². The zero-order valence-corrected chi connectivity index (χ0v) is 13.0. The van der Waals surface area contributed by atoms with Crippen LogP contribution in [0.1, 0.15) is 23.9 Å². The third-order valence-corrected chi connectivity index (χ3v) is 4.45. The number of aromatic nitrogens is 2. The van der Waals surface area contributed by atoms with Crippen molar-refractivity contribution in [1.82, 2.24) is 15.5 Å². The summed E-state index contributed by atoms with van der Waals surface area (Å²) in [4.78, 5) is 4.49. The van der Waals surface area contributed by atoms with Crippen molar-refractivity contribution in [2.24, 2.45) is 0 Å². The maximum Gasteiger partial charge on any atom is 0.244 e. The lowest BCUT2D eigenvalue weighted by Gasteiger charge is -2.04. The largest absolute Gasteiger partial charge is 0.380 e. The first-order valence-corrected chi connectivity index (χ1v) is 7.33. The van der Waals surface area contributed by atoms with Crippen LogP contribution in [-0.4, -0.2) is 29.9 Å². The molecule has 0 saturated carbocycles. The summed E-state index contributed by atoms with van der Waals surface area (Å²) in [6.45, 7) is 2.86. The first-order valence-electron chi connectivity index (χ1n) is 6.53. The zero-order valence-electron chi connectivity index (χ0n) is 11.4. The van der Waals surface area contributed by atoms with Crippen molar-refractivity contribution in [3.63, 3.8) is 0 Å². The number of hydrogen-bond acceptors (Lipinski definition) is 5. The van der Waals surface area contributed by atoms with Gasteiger partial charge in [0.1, 0.15) is 0 Å². The van der Waals surface area contributed by atoms with Gasteiger partial charge >= 0.3 is 0 Å². The predicted octanol–water partition coefficient (Wildman–Crippen LogP) is 2.86. The third kappa shape index (κ3) is 2.63. The molecule has 0 amide bonds. The van der Waals surface area contributed by atoms with Gasteiger partial charge in [-0.15, -0.1) is 0 Å². The molecule has 1 N–H and O–H groups in total. The van der Waals surface area contributed by atoms with Gasteiger partial charge in [-0.25, -0.2) is 0 Å². The van der Waals surface area contributed by atoms with Crippen molar-refractivity contribution in [2.75, 3.05) is 13.7 Å². The molecule has 0 radical (unpaired) electrons. The number of halogens is 1. The molecule has 20 heavy (non-hydrogen) atoms. The summed E-state index contributed by atoms with van der Waals surface area (Å²) in [5, 5.41) is 7.39. The minimum Gasteiger partial charge on any atom is -0.380 e. The van der Waals surface area contributed by atoms with E-state index >= 15 is 0 Å². The van der Waals surface area contributed by atoms with E-state index in [1.165, 1.54) is 5.56 Å². The highest BCUT2D eigenvalue weighted by Crippen LogP contribution is 2.27. The Hall–Kier alpha value is -1.24. The zero-order chi connectivity index (χ0) is 14.1. The van der Waals surface area contributed by atoms with Gasteiger partial charge in [-0.05, 0) is 25.0 Å². The SMILES string of the molecule is CO[C@@H]1CN[C@@H](c2nc(-c3ccc(C)c(Br)c3)no2)C1. The third-order valence-electron chi connectivity index (χ3n) is 3.59. The fourth-order valence-corrected chi connectivity index (χ4v) is 2.68. The van der Waals surface area contributed by atoms with Crippen molar-refractivity contribution in [2.45, 2.75) is 25.5 Å². The lowest BCUT2D eigenvalue weighted by atomic mass is 10.1. The number of benzene rings is 1. The number of rotatable bonds is 3. The average Bonchev–Trinajstić information content (AvgIpc) is 3.09. The Bertz CT molecular complexity index is 614. The van der Waals surface area contributed by atoms with E-state index < -0.39 is 0 Å². The van der Waals surface area contributed by atoms with Gasteiger partial charge in [-0.1, -0.05) is 33.2 Å². The fraction of sp³-hybridized carbons (Fsp3) is 0.429. The second kappa shape index (κ2) is 5.63. The van der Waals surface area contributed by atoms with Crippen molar-refractivity contribution < 1.29 is 9.26 Å². The number of methoxy groups -OCH3 is 1. The lowest BCUT2D eigenvalue weighted by molar-refractivity contribution is 0.116. The maximum absolute atomic E-state index is 5.37. The average molecular weight is 338 g/mol. The van der Waals surface area contributed by atoms with Crippen LogP contribution in [0.15, 0.2) is 27.2 Å². The van der Waals surface area contributed by atoms with Gasteiger partial charge in [0.2, 0.25) is 11.7 Å². The number of hydrogen-bond donors (Lipinski definition) is 1. The van der Waals surface area contributed by atoms with Gasteiger partial charge in [-0.2, -0.15) is 4.98 Å². The van der Waals surface area contributed by atoms with Gasteiger partial charge in [0, 0.05) is 23.7 Å². The molecule has 2 atom stereocenters. The molecule has 1 aromatic carbocycles. The summed E-state index contributed by atoms with van der Waals surface area (Å²) in [6.07, 6.45) is 1.07. The first kappa shape index (κ1) is 13.7. The van der Waals surface area contributed by atoms with Crippen LogP contribution in [0.2, 0.25) is 0 Å². The summed E-state index contributed by atoms with van der Waals surface area (Å²) in [5.74, 6) is 1.24. The molecule has 5 nitrogen and oxygen atoms in total. The Morgan fingerprint density at radius 1 is 1.45 bits per heavy atom. The fourth-order valence-electron chi connectivity index (χ4n) is 2.30. The Labute approximate surface area is 125 Å². The van der Waals surface area contributed by atoms with E-state index in [1.54, 1.807) is 7.11 Å². The topological polar surface area (TPSA) is 60.2 Å². The van der Waals surface area contributed by atoms with E-state index in [9.17, 15) is 0 Å². The maximum atomic E-state index is 5.37. The second-order valence-electron chi connectivity index (χ2n) is 4.97. The lowest BCUT2D eigenvalue weighted by Crippen LogP contribution is -2.16. The smallest absolute Gasteiger partial charge is 0.244 e. The Morgan fingerprint density at radius 2 is 2.30 bits per heavy atom. The summed E-state index contributed by atoms with van der Waals surface area (Å²) >= 11 is 3.52. The van der Waals surface area contributed by atoms with E-state index in [0.717, 1.165) is 23.0 Å². The van der Waals surface area contributed by atoms with E-state index in [-0.39, 0.29) is 12.1 Å². The summed E-state index contributed by atoms with van der Waals surface area (Å²) in [7, 11) is 1.72. The normalized spacial score (nSPS) is 22.4. The summed E-state index contributed by atoms with van der Waals surface area (Å²) < 4.78 is 11.7. The van der Waals surface area contributed by atoms with Crippen LogP contribution >= 0.6 is 15.9 Å². The van der Waals surface area contributed by atoms with Gasteiger partial charge < -0.3 is 14.6 Å². The van der Waals surface area contributed by atoms with Crippen molar-refractivity contribution in [3.8, 4) is 11.4 Å². The van der Waals surface area contributed by atoms with Crippen LogP contribution in [0.5, 0.6) is 0 Å². The van der Waals surface area contributed by atoms with E-state index in [4.69, 9.17) is 9.26 Å². The minimum absolute atomic E-state index is 0.0788. The molecule has 0 bridgehead atoms. The van der Waals surface area contributed by atoms with Crippen LogP contribution in [0, 0.1) is 6.92 Å². The first-order chi connectivity index (χ1) is 9.67. The molecule has 2 aromatic rings. The number of nitrogens with zero attached hydrogens (tertiary/aromatic N) is 2. The van der Waals surface area contributed by atoms with Crippen LogP contribution in [-0.2, 0) is 4.74 Å². The summed E-state index contributed by atoms with van der Waals surface area (Å²) in [5.41, 5.74) is 2.12. The molecular weight excluding hydrogens is 322 g/mol. The summed E-state index contributed by atoms with van der Waals surface area (Å²) in [6, 6.07) is 6.11. The molecule has 2 heterocycles. The van der Waals surface area contributed by atoms with Gasteiger partial charge in [0.25, 0.3) is 0 Å². The molecule has 3 rings (SSSR count). The number of nitrogens with one attached hydrogen (secondary N) is 1. The van der Waals surface area contributed by atoms with E-state index in [2.05, 4.69) is 31.4 Å². The van der Waals surface area contributed by atoms with Crippen molar-refractivity contribution >= 4 is 15.9 Å². The van der Waals surface area contributed by atoms with Crippen LogP contribution in [0.25, 0.3) is 11.4 Å². The molecule has 0 unspecified atom stereocenters. The molecule has 1 aromatic heterocycles. The molecule has 1 aliphatic rings. The van der Waals surface area contributed by atoms with Crippen molar-refractivity contribution in [1.29, 1.82) is 0 Å². The minimum atomic E-state index is 0.0788. The number of ether oxygens (including phenoxy) is 1. The molecule has 0 spiro atoms. The predicted molar refractivity (Wildman–Crippen MR) is 78.3 cm³/mol. The standard InChI is InChI=1S/C14H16BrN3O2/c1-8-3-4-9(5-11(8)15)13-17-14(20-18-13)12-6-10(19-2)7-16-12/h3-5,10,12,16H,6-7H2,1-2H3/t10-,12+/m0/s1. The molecule has 1 saturated heterocycles. The monoisotopic (exact) mass is 337 g/mol. The molecule has 0 aliphatic carbocycles. The van der Waals surface area contributed by atoms with Gasteiger partial charge in [0.15, 0.2) is 0 Å². The Balaban J connectivity index is 1.81. The van der Waals surface area contributed by atoms with Crippen molar-refractivity contribution in [3.05, 3.63) is 34.1 Å². The van der Waals surface area contributed by atoms with Crippen LogP contribution in [0.4, 0.5) is 0 Å². The second-order valence-corrected chi connectivity index (χ2v) is 5.83. The Morgan fingerprint density at radius 3 is 3.00 bits per heavy atom. The quantitative estimate of drug-likeness (QED) is 0.933. The highest BCUT2D eigenvalue weighted by molar-refractivity contribution is 9.10. The molecular formula is C14H16BrN3O2. The molecule has 106 valence electrons. The van der Waals surface area contributed by atoms with Crippen LogP contribution in [0.3, 0.4) is 0 Å². The molecule has 1 fully saturated rings. The van der Waals surface area contributed by atoms with E-state index in [1.807, 2.05) is 25.1 Å². The molecule has 1 aliphatic heterocycles. The molecule has 6 heteroatoms. The van der Waals surface area contributed by atoms with Gasteiger partial charge in [-0.3, -0.25) is 0 Å². The highest BCUT2D eigenvalue weighted by Gasteiger charge is 2.29. The Kier molecular flexibility index (Phi) is 3.87. The van der Waals surface area contributed by atoms with Crippen LogP contribution < -0.4 is 5.32 Å². The number of aryl methyl sites for hydroxylation is 1. The van der Waals surface area contributed by atoms with E-state index in [0.29, 0.717) is 11.7 Å².